The van der Waals surface area contributed by atoms with Crippen LogP contribution in [-0.2, 0) is 19.1 Å². The maximum absolute atomic E-state index is 12.4. The van der Waals surface area contributed by atoms with E-state index in [1.54, 1.807) is 30.3 Å². The molecule has 0 radical (unpaired) electrons. The van der Waals surface area contributed by atoms with Crippen LogP contribution in [0.5, 0.6) is 0 Å². The van der Waals surface area contributed by atoms with Gasteiger partial charge in [-0.05, 0) is 12.1 Å². The smallest absolute Gasteiger partial charge is 0.311 e. The lowest BCUT2D eigenvalue weighted by Crippen LogP contribution is -2.55. The maximum atomic E-state index is 12.4. The second-order valence-electron chi connectivity index (χ2n) is 3.84. The highest BCUT2D eigenvalue weighted by Gasteiger charge is 2.44. The highest BCUT2D eigenvalue weighted by Crippen LogP contribution is 2.24. The van der Waals surface area contributed by atoms with Crippen LogP contribution in [0.1, 0.15) is 16.8 Å². The van der Waals surface area contributed by atoms with Gasteiger partial charge in [0.05, 0.1) is 7.11 Å². The Bertz CT molecular complexity index is 457. The van der Waals surface area contributed by atoms with Crippen LogP contribution in [0.3, 0.4) is 0 Å². The summed E-state index contributed by atoms with van der Waals surface area (Å²) in [6.07, 6.45) is -0.591. The van der Waals surface area contributed by atoms with E-state index in [-0.39, 0.29) is 0 Å². The summed E-state index contributed by atoms with van der Waals surface area (Å²) in [6, 6.07) is 8.26. The Morgan fingerprint density at radius 1 is 1.15 bits per heavy atom. The molecule has 1 aromatic carbocycles. The van der Waals surface area contributed by atoms with E-state index in [0.29, 0.717) is 5.56 Å². The molecule has 7 nitrogen and oxygen atoms in total. The van der Waals surface area contributed by atoms with Crippen molar-refractivity contribution in [3.05, 3.63) is 35.9 Å². The van der Waals surface area contributed by atoms with E-state index < -0.39 is 24.2 Å². The normalized spacial score (nSPS) is 11.2. The lowest BCUT2D eigenvalue weighted by atomic mass is 10.2. The molecule has 1 amide bonds. The first-order chi connectivity index (χ1) is 9.50. The van der Waals surface area contributed by atoms with Gasteiger partial charge in [-0.3, -0.25) is 14.4 Å². The molecule has 0 aliphatic heterocycles. The van der Waals surface area contributed by atoms with Crippen molar-refractivity contribution < 1.29 is 29.0 Å². The first-order valence-corrected chi connectivity index (χ1v) is 5.76. The number of carbonyl (C=O) groups is 2. The molecule has 0 aromatic heterocycles. The van der Waals surface area contributed by atoms with E-state index in [1.807, 2.05) is 0 Å². The lowest BCUT2D eigenvalue weighted by Gasteiger charge is -2.37. The van der Waals surface area contributed by atoms with Crippen molar-refractivity contribution in [2.24, 2.45) is 0 Å². The zero-order valence-corrected chi connectivity index (χ0v) is 11.5. The van der Waals surface area contributed by atoms with Gasteiger partial charge in [-0.1, -0.05) is 18.2 Å². The minimum Gasteiger partial charge on any atom is -0.481 e. The fourth-order valence-corrected chi connectivity index (χ4v) is 1.73. The first kappa shape index (κ1) is 16.1. The molecular formula is C13H17NO6. The average Bonchev–Trinajstić information content (AvgIpc) is 2.47. The molecule has 0 fully saturated rings. The Labute approximate surface area is 116 Å². The Balaban J connectivity index is 3.14. The Hall–Kier alpha value is -1.96. The second kappa shape index (κ2) is 6.99. The SMILES string of the molecule is CON(C(=O)c1ccccc1)C(CC(=O)O)(OC)OC. The van der Waals surface area contributed by atoms with Gasteiger partial charge in [-0.15, -0.1) is 0 Å². The van der Waals surface area contributed by atoms with Gasteiger partial charge in [0.1, 0.15) is 6.42 Å². The number of nitrogens with zero attached hydrogens (tertiary/aromatic N) is 1. The van der Waals surface area contributed by atoms with E-state index in [4.69, 9.17) is 19.4 Å². The number of carbonyl (C=O) groups excluding carboxylic acids is 1. The largest absolute Gasteiger partial charge is 0.481 e. The number of carboxylic acid groups (broad SMARTS) is 1. The molecular weight excluding hydrogens is 266 g/mol. The number of hydroxylamine groups is 2. The van der Waals surface area contributed by atoms with Crippen molar-refractivity contribution >= 4 is 11.9 Å². The Kier molecular flexibility index (Phi) is 5.63. The van der Waals surface area contributed by atoms with Crippen molar-refractivity contribution in [1.82, 2.24) is 5.06 Å². The first-order valence-electron chi connectivity index (χ1n) is 5.76. The zero-order chi connectivity index (χ0) is 15.2. The van der Waals surface area contributed by atoms with Crippen LogP contribution < -0.4 is 0 Å². The molecule has 20 heavy (non-hydrogen) atoms. The number of amides is 1. The van der Waals surface area contributed by atoms with Crippen LogP contribution in [0.4, 0.5) is 0 Å². The number of ether oxygens (including phenoxy) is 2. The van der Waals surface area contributed by atoms with Gasteiger partial charge in [0.15, 0.2) is 0 Å². The number of rotatable bonds is 7. The standard InChI is InChI=1S/C13H17NO6/c1-18-13(19-2,9-11(15)16)14(20-3)12(17)10-7-5-4-6-8-10/h4-8H,9H2,1-3H3,(H,15,16). The summed E-state index contributed by atoms with van der Waals surface area (Å²) in [5, 5.41) is 9.71. The van der Waals surface area contributed by atoms with Gasteiger partial charge >= 0.3 is 5.97 Å². The number of benzene rings is 1. The molecule has 0 bridgehead atoms. The number of carboxylic acids is 1. The molecule has 0 aliphatic carbocycles. The molecule has 1 rings (SSSR count). The van der Waals surface area contributed by atoms with Gasteiger partial charge in [0.25, 0.3) is 11.8 Å². The van der Waals surface area contributed by atoms with Crippen LogP contribution in [0, 0.1) is 0 Å². The average molecular weight is 283 g/mol. The number of hydrogen-bond donors (Lipinski definition) is 1. The Morgan fingerprint density at radius 3 is 2.10 bits per heavy atom. The quantitative estimate of drug-likeness (QED) is 0.596. The monoisotopic (exact) mass is 283 g/mol. The third kappa shape index (κ3) is 3.32. The van der Waals surface area contributed by atoms with Gasteiger partial charge in [-0.25, -0.2) is 0 Å². The molecule has 0 unspecified atom stereocenters. The number of hydrogen-bond acceptors (Lipinski definition) is 5. The fraction of sp³-hybridized carbons (Fsp3) is 0.385. The van der Waals surface area contributed by atoms with Crippen LogP contribution in [0.15, 0.2) is 30.3 Å². The molecule has 7 heteroatoms. The Morgan fingerprint density at radius 2 is 1.70 bits per heavy atom. The molecule has 0 saturated heterocycles. The minimum atomic E-state index is -1.84. The van der Waals surface area contributed by atoms with Crippen molar-refractivity contribution in [3.63, 3.8) is 0 Å². The summed E-state index contributed by atoms with van der Waals surface area (Å²) in [6.45, 7) is 0. The molecule has 0 atom stereocenters. The predicted octanol–water partition coefficient (Wildman–Crippen LogP) is 1.11. The summed E-state index contributed by atoms with van der Waals surface area (Å²) in [5.41, 5.74) is 0.318. The molecule has 1 aromatic rings. The van der Waals surface area contributed by atoms with Gasteiger partial charge < -0.3 is 14.6 Å². The van der Waals surface area contributed by atoms with Crippen molar-refractivity contribution in [2.45, 2.75) is 12.3 Å². The summed E-state index contributed by atoms with van der Waals surface area (Å²) in [4.78, 5) is 28.3. The molecule has 0 aliphatic rings. The topological polar surface area (TPSA) is 85.3 Å². The summed E-state index contributed by atoms with van der Waals surface area (Å²) in [7, 11) is 3.70. The van der Waals surface area contributed by atoms with Gasteiger partial charge in [0.2, 0.25) is 0 Å². The van der Waals surface area contributed by atoms with Gasteiger partial charge in [0, 0.05) is 19.8 Å². The molecule has 0 spiro atoms. The third-order valence-corrected chi connectivity index (χ3v) is 2.71. The van der Waals surface area contributed by atoms with Crippen LogP contribution >= 0.6 is 0 Å². The second-order valence-corrected chi connectivity index (χ2v) is 3.84. The number of methoxy groups -OCH3 is 2. The fourth-order valence-electron chi connectivity index (χ4n) is 1.73. The molecule has 0 heterocycles. The summed E-state index contributed by atoms with van der Waals surface area (Å²) >= 11 is 0. The molecule has 0 saturated carbocycles. The summed E-state index contributed by atoms with van der Waals surface area (Å²) in [5.74, 6) is -3.61. The lowest BCUT2D eigenvalue weighted by molar-refractivity contribution is -0.362. The van der Waals surface area contributed by atoms with E-state index >= 15 is 0 Å². The van der Waals surface area contributed by atoms with Crippen LogP contribution in [0.25, 0.3) is 0 Å². The summed E-state index contributed by atoms with van der Waals surface area (Å²) < 4.78 is 10.1. The van der Waals surface area contributed by atoms with Crippen molar-refractivity contribution in [2.75, 3.05) is 21.3 Å². The van der Waals surface area contributed by atoms with E-state index in [1.165, 1.54) is 21.3 Å². The van der Waals surface area contributed by atoms with E-state index in [2.05, 4.69) is 0 Å². The highest BCUT2D eigenvalue weighted by atomic mass is 16.8. The van der Waals surface area contributed by atoms with Crippen molar-refractivity contribution in [1.29, 1.82) is 0 Å². The molecule has 110 valence electrons. The van der Waals surface area contributed by atoms with E-state index in [0.717, 1.165) is 5.06 Å². The van der Waals surface area contributed by atoms with Crippen molar-refractivity contribution in [3.8, 4) is 0 Å². The number of aliphatic carboxylic acids is 1. The predicted molar refractivity (Wildman–Crippen MR) is 68.6 cm³/mol. The third-order valence-electron chi connectivity index (χ3n) is 2.71. The van der Waals surface area contributed by atoms with Gasteiger partial charge in [-0.2, -0.15) is 5.06 Å². The minimum absolute atomic E-state index is 0.318. The molecule has 1 N–H and O–H groups in total. The zero-order valence-electron chi connectivity index (χ0n) is 11.5. The van der Waals surface area contributed by atoms with Crippen LogP contribution in [-0.4, -0.2) is 49.3 Å². The highest BCUT2D eigenvalue weighted by molar-refractivity contribution is 5.94. The maximum Gasteiger partial charge on any atom is 0.311 e. The van der Waals surface area contributed by atoms with Crippen LogP contribution in [0.2, 0.25) is 0 Å². The van der Waals surface area contributed by atoms with E-state index in [9.17, 15) is 9.59 Å².